The van der Waals surface area contributed by atoms with E-state index in [1.54, 1.807) is 0 Å². The van der Waals surface area contributed by atoms with E-state index in [1.807, 2.05) is 0 Å². The third kappa shape index (κ3) is 4.83. The number of para-hydroxylation sites is 2. The summed E-state index contributed by atoms with van der Waals surface area (Å²) in [7, 11) is 0. The van der Waals surface area contributed by atoms with Gasteiger partial charge in [-0.15, -0.1) is 0 Å². The van der Waals surface area contributed by atoms with E-state index in [0.29, 0.717) is 0 Å². The highest BCUT2D eigenvalue weighted by atomic mass is 16.5. The summed E-state index contributed by atoms with van der Waals surface area (Å²) >= 11 is 0. The van der Waals surface area contributed by atoms with Gasteiger partial charge in [-0.3, -0.25) is 0 Å². The Morgan fingerprint density at radius 3 is 1.90 bits per heavy atom. The molecular formula is C28H29NO. The summed E-state index contributed by atoms with van der Waals surface area (Å²) in [5, 5.41) is 2.41. The Kier molecular flexibility index (Phi) is 6.66. The Bertz CT molecular complexity index is 1020. The fraction of sp³-hybridized carbons (Fsp3) is 0.214. The van der Waals surface area contributed by atoms with Crippen molar-refractivity contribution in [3.63, 3.8) is 0 Å². The predicted octanol–water partition coefficient (Wildman–Crippen LogP) is 8.27. The molecule has 0 aliphatic rings. The zero-order chi connectivity index (χ0) is 20.6. The molecule has 4 aromatic carbocycles. The van der Waals surface area contributed by atoms with Gasteiger partial charge in [-0.05, 0) is 65.7 Å². The van der Waals surface area contributed by atoms with Crippen LogP contribution in [-0.2, 0) is 0 Å². The van der Waals surface area contributed by atoms with Gasteiger partial charge in [-0.1, -0.05) is 74.7 Å². The highest BCUT2D eigenvalue weighted by Crippen LogP contribution is 2.36. The molecule has 0 spiro atoms. The highest BCUT2D eigenvalue weighted by Gasteiger charge is 2.12. The van der Waals surface area contributed by atoms with Gasteiger partial charge in [0, 0.05) is 17.1 Å². The summed E-state index contributed by atoms with van der Waals surface area (Å²) < 4.78 is 5.97. The third-order valence-corrected chi connectivity index (χ3v) is 5.35. The topological polar surface area (TPSA) is 12.5 Å². The van der Waals surface area contributed by atoms with Crippen molar-refractivity contribution in [2.75, 3.05) is 11.5 Å². The number of rotatable bonds is 9. The van der Waals surface area contributed by atoms with Crippen LogP contribution in [0.5, 0.6) is 5.75 Å². The van der Waals surface area contributed by atoms with Crippen LogP contribution in [0.4, 0.5) is 17.1 Å². The van der Waals surface area contributed by atoms with E-state index >= 15 is 0 Å². The van der Waals surface area contributed by atoms with Crippen molar-refractivity contribution >= 4 is 27.8 Å². The molecule has 0 heterocycles. The molecule has 2 heteroatoms. The first-order valence-corrected chi connectivity index (χ1v) is 10.9. The molecule has 30 heavy (non-hydrogen) atoms. The molecule has 152 valence electrons. The Morgan fingerprint density at radius 1 is 0.600 bits per heavy atom. The second-order valence-corrected chi connectivity index (χ2v) is 7.61. The highest BCUT2D eigenvalue weighted by molar-refractivity contribution is 5.90. The SMILES string of the molecule is CCCCCCOc1ccc2cc(N(c3ccccc3)c3ccccc3)ccc2c1. The molecule has 0 unspecified atom stereocenters. The molecule has 0 bridgehead atoms. The van der Waals surface area contributed by atoms with Gasteiger partial charge in [0.05, 0.1) is 6.61 Å². The summed E-state index contributed by atoms with van der Waals surface area (Å²) in [6, 6.07) is 34.0. The molecule has 0 fully saturated rings. The molecule has 4 aromatic rings. The molecule has 2 nitrogen and oxygen atoms in total. The molecule has 0 N–H and O–H groups in total. The van der Waals surface area contributed by atoms with Crippen molar-refractivity contribution in [2.24, 2.45) is 0 Å². The van der Waals surface area contributed by atoms with Gasteiger partial charge in [0.25, 0.3) is 0 Å². The van der Waals surface area contributed by atoms with Gasteiger partial charge in [0.2, 0.25) is 0 Å². The van der Waals surface area contributed by atoms with Gasteiger partial charge in [0.1, 0.15) is 5.75 Å². The molecule has 0 saturated carbocycles. The first-order chi connectivity index (χ1) is 14.8. The zero-order valence-corrected chi connectivity index (χ0v) is 17.6. The molecule has 0 amide bonds. The van der Waals surface area contributed by atoms with Crippen molar-refractivity contribution in [3.05, 3.63) is 97.1 Å². The summed E-state index contributed by atoms with van der Waals surface area (Å²) in [5.41, 5.74) is 3.44. The standard InChI is InChI=1S/C28H29NO/c1-2-3-4-11-20-30-28-19-17-23-21-27(18-16-24(23)22-28)29(25-12-7-5-8-13-25)26-14-9-6-10-15-26/h5-10,12-19,21-22H,2-4,11,20H2,1H3. The van der Waals surface area contributed by atoms with Gasteiger partial charge in [0.15, 0.2) is 0 Å². The summed E-state index contributed by atoms with van der Waals surface area (Å²) in [4.78, 5) is 2.29. The molecule has 0 atom stereocenters. The number of nitrogens with zero attached hydrogens (tertiary/aromatic N) is 1. The molecule has 0 aliphatic carbocycles. The van der Waals surface area contributed by atoms with E-state index in [4.69, 9.17) is 4.74 Å². The largest absolute Gasteiger partial charge is 0.494 e. The van der Waals surface area contributed by atoms with Gasteiger partial charge in [-0.2, -0.15) is 0 Å². The van der Waals surface area contributed by atoms with Crippen LogP contribution in [0.25, 0.3) is 10.8 Å². The fourth-order valence-corrected chi connectivity index (χ4v) is 3.76. The molecule has 0 radical (unpaired) electrons. The van der Waals surface area contributed by atoms with E-state index in [1.165, 1.54) is 30.0 Å². The lowest BCUT2D eigenvalue weighted by atomic mass is 10.1. The second kappa shape index (κ2) is 9.98. The monoisotopic (exact) mass is 395 g/mol. The normalized spacial score (nSPS) is 10.8. The van der Waals surface area contributed by atoms with Crippen LogP contribution in [0.3, 0.4) is 0 Å². The Labute approximate surface area is 179 Å². The van der Waals surface area contributed by atoms with Crippen LogP contribution in [0.2, 0.25) is 0 Å². The molecule has 4 rings (SSSR count). The van der Waals surface area contributed by atoms with Gasteiger partial charge < -0.3 is 9.64 Å². The number of benzene rings is 4. The fourth-order valence-electron chi connectivity index (χ4n) is 3.76. The van der Waals surface area contributed by atoms with Crippen molar-refractivity contribution in [2.45, 2.75) is 32.6 Å². The van der Waals surface area contributed by atoms with Crippen LogP contribution in [-0.4, -0.2) is 6.61 Å². The second-order valence-electron chi connectivity index (χ2n) is 7.61. The minimum absolute atomic E-state index is 0.791. The number of hydrogen-bond donors (Lipinski definition) is 0. The van der Waals surface area contributed by atoms with Gasteiger partial charge in [-0.25, -0.2) is 0 Å². The van der Waals surface area contributed by atoms with Crippen LogP contribution < -0.4 is 9.64 Å². The van der Waals surface area contributed by atoms with Gasteiger partial charge >= 0.3 is 0 Å². The number of anilines is 3. The lowest BCUT2D eigenvalue weighted by Crippen LogP contribution is -2.09. The van der Waals surface area contributed by atoms with Crippen molar-refractivity contribution < 1.29 is 4.74 Å². The summed E-state index contributed by atoms with van der Waals surface area (Å²) in [6.07, 6.45) is 4.89. The first kappa shape index (κ1) is 20.0. The summed E-state index contributed by atoms with van der Waals surface area (Å²) in [6.45, 7) is 3.02. The molecule has 0 aliphatic heterocycles. The lowest BCUT2D eigenvalue weighted by Gasteiger charge is -2.25. The lowest BCUT2D eigenvalue weighted by molar-refractivity contribution is 0.305. The maximum Gasteiger partial charge on any atom is 0.119 e. The predicted molar refractivity (Wildman–Crippen MR) is 128 cm³/mol. The smallest absolute Gasteiger partial charge is 0.119 e. The zero-order valence-electron chi connectivity index (χ0n) is 17.6. The average molecular weight is 396 g/mol. The van der Waals surface area contributed by atoms with E-state index in [2.05, 4.69) is 109 Å². The van der Waals surface area contributed by atoms with Crippen LogP contribution >= 0.6 is 0 Å². The maximum absolute atomic E-state index is 5.97. The Morgan fingerprint density at radius 2 is 1.23 bits per heavy atom. The van der Waals surface area contributed by atoms with Crippen molar-refractivity contribution in [1.82, 2.24) is 0 Å². The molecular weight excluding hydrogens is 366 g/mol. The average Bonchev–Trinajstić information content (AvgIpc) is 2.80. The first-order valence-electron chi connectivity index (χ1n) is 10.9. The van der Waals surface area contributed by atoms with E-state index in [9.17, 15) is 0 Å². The minimum Gasteiger partial charge on any atom is -0.494 e. The summed E-state index contributed by atoms with van der Waals surface area (Å²) in [5.74, 6) is 0.953. The Balaban J connectivity index is 1.60. The van der Waals surface area contributed by atoms with Crippen LogP contribution in [0.1, 0.15) is 32.6 Å². The van der Waals surface area contributed by atoms with Crippen LogP contribution in [0.15, 0.2) is 97.1 Å². The maximum atomic E-state index is 5.97. The number of hydrogen-bond acceptors (Lipinski definition) is 2. The number of unbranched alkanes of at least 4 members (excludes halogenated alkanes) is 3. The number of ether oxygens (including phenoxy) is 1. The van der Waals surface area contributed by atoms with E-state index in [-0.39, 0.29) is 0 Å². The van der Waals surface area contributed by atoms with E-state index in [0.717, 1.165) is 35.8 Å². The van der Waals surface area contributed by atoms with Crippen LogP contribution in [0, 0.1) is 0 Å². The minimum atomic E-state index is 0.791. The molecule has 0 saturated heterocycles. The molecule has 0 aromatic heterocycles. The number of fused-ring (bicyclic) bond motifs is 1. The quantitative estimate of drug-likeness (QED) is 0.264. The third-order valence-electron chi connectivity index (χ3n) is 5.35. The van der Waals surface area contributed by atoms with E-state index < -0.39 is 0 Å². The Hall–Kier alpha value is -3.26. The van der Waals surface area contributed by atoms with Crippen molar-refractivity contribution in [1.29, 1.82) is 0 Å². The van der Waals surface area contributed by atoms with Crippen molar-refractivity contribution in [3.8, 4) is 5.75 Å².